The van der Waals surface area contributed by atoms with Gasteiger partial charge in [-0.2, -0.15) is 0 Å². The highest BCUT2D eigenvalue weighted by Crippen LogP contribution is 2.19. The van der Waals surface area contributed by atoms with Gasteiger partial charge in [-0.05, 0) is 24.3 Å². The highest BCUT2D eigenvalue weighted by molar-refractivity contribution is 5.75. The smallest absolute Gasteiger partial charge is 0.269 e. The molecule has 1 atom stereocenters. The second kappa shape index (κ2) is 7.31. The fourth-order valence-corrected chi connectivity index (χ4v) is 2.72. The minimum atomic E-state index is -0.724. The summed E-state index contributed by atoms with van der Waals surface area (Å²) in [5.41, 5.74) is 1.89. The van der Waals surface area contributed by atoms with E-state index in [9.17, 15) is 15.2 Å². The zero-order valence-corrected chi connectivity index (χ0v) is 13.8. The Bertz CT molecular complexity index is 874. The molecule has 1 heterocycles. The van der Waals surface area contributed by atoms with E-state index in [-0.39, 0.29) is 12.3 Å². The molecule has 7 heteroatoms. The third-order valence-corrected chi connectivity index (χ3v) is 3.93. The molecule has 0 saturated carbocycles. The van der Waals surface area contributed by atoms with Crippen molar-refractivity contribution in [3.8, 4) is 5.75 Å². The Balaban J connectivity index is 1.66. The van der Waals surface area contributed by atoms with Crippen LogP contribution in [0.4, 0.5) is 5.69 Å². The molecule has 0 aliphatic carbocycles. The number of rotatable bonds is 7. The molecule has 0 fully saturated rings. The number of aliphatic hydroxyl groups is 1. The first kappa shape index (κ1) is 16.9. The molecule has 0 radical (unpaired) electrons. The van der Waals surface area contributed by atoms with Crippen LogP contribution in [0.5, 0.6) is 5.75 Å². The molecule has 7 nitrogen and oxygen atoms in total. The van der Waals surface area contributed by atoms with Crippen LogP contribution in [0.2, 0.25) is 0 Å². The van der Waals surface area contributed by atoms with Crippen molar-refractivity contribution in [1.29, 1.82) is 0 Å². The Morgan fingerprint density at radius 3 is 2.64 bits per heavy atom. The van der Waals surface area contributed by atoms with Crippen LogP contribution < -0.4 is 4.74 Å². The van der Waals surface area contributed by atoms with Crippen LogP contribution in [0.15, 0.2) is 48.5 Å². The van der Waals surface area contributed by atoms with Crippen LogP contribution in [0.25, 0.3) is 11.0 Å². The van der Waals surface area contributed by atoms with Gasteiger partial charge in [-0.1, -0.05) is 19.1 Å². The Morgan fingerprint density at radius 1 is 1.24 bits per heavy atom. The second-order valence-electron chi connectivity index (χ2n) is 5.70. The summed E-state index contributed by atoms with van der Waals surface area (Å²) in [5, 5.41) is 21.0. The summed E-state index contributed by atoms with van der Waals surface area (Å²) in [6.07, 6.45) is 0.0445. The molecule has 0 amide bonds. The van der Waals surface area contributed by atoms with Gasteiger partial charge < -0.3 is 14.4 Å². The summed E-state index contributed by atoms with van der Waals surface area (Å²) < 4.78 is 7.53. The molecule has 3 rings (SSSR count). The normalized spacial score (nSPS) is 12.2. The zero-order valence-electron chi connectivity index (χ0n) is 13.8. The fraction of sp³-hybridized carbons (Fsp3) is 0.278. The van der Waals surface area contributed by atoms with Gasteiger partial charge in [0.15, 0.2) is 0 Å². The lowest BCUT2D eigenvalue weighted by molar-refractivity contribution is -0.384. The maximum absolute atomic E-state index is 10.6. The number of nitro groups is 1. The van der Waals surface area contributed by atoms with Crippen LogP contribution >= 0.6 is 0 Å². The van der Waals surface area contributed by atoms with Crippen molar-refractivity contribution in [2.24, 2.45) is 0 Å². The summed E-state index contributed by atoms with van der Waals surface area (Å²) in [4.78, 5) is 14.8. The van der Waals surface area contributed by atoms with Gasteiger partial charge in [0, 0.05) is 18.6 Å². The highest BCUT2D eigenvalue weighted by Gasteiger charge is 2.14. The summed E-state index contributed by atoms with van der Waals surface area (Å²) in [6, 6.07) is 13.6. The number of ether oxygens (including phenoxy) is 1. The van der Waals surface area contributed by atoms with E-state index in [1.165, 1.54) is 24.3 Å². The average Bonchev–Trinajstić information content (AvgIpc) is 2.98. The van der Waals surface area contributed by atoms with Crippen molar-refractivity contribution in [3.05, 3.63) is 64.5 Å². The Labute approximate surface area is 144 Å². The summed E-state index contributed by atoms with van der Waals surface area (Å²) in [7, 11) is 0. The van der Waals surface area contributed by atoms with Crippen molar-refractivity contribution < 1.29 is 14.8 Å². The SMILES string of the molecule is CCc1nc2ccccc2n1C[C@H](O)COc1ccc([N+](=O)[O-])cc1. The second-order valence-corrected chi connectivity index (χ2v) is 5.70. The molecule has 0 aliphatic rings. The monoisotopic (exact) mass is 341 g/mol. The summed E-state index contributed by atoms with van der Waals surface area (Å²) >= 11 is 0. The van der Waals surface area contributed by atoms with E-state index in [0.29, 0.717) is 12.3 Å². The van der Waals surface area contributed by atoms with E-state index in [1.807, 2.05) is 35.8 Å². The number of aliphatic hydroxyl groups excluding tert-OH is 1. The van der Waals surface area contributed by atoms with Gasteiger partial charge in [-0.15, -0.1) is 0 Å². The summed E-state index contributed by atoms with van der Waals surface area (Å²) in [5.74, 6) is 1.39. The molecular weight excluding hydrogens is 322 g/mol. The van der Waals surface area contributed by atoms with Crippen LogP contribution in [0.3, 0.4) is 0 Å². The standard InChI is InChI=1S/C18H19N3O4/c1-2-18-19-16-5-3-4-6-17(16)20(18)11-14(22)12-25-15-9-7-13(8-10-15)21(23)24/h3-10,14,22H,2,11-12H2,1H3/t14-/m0/s1. The van der Waals surface area contributed by atoms with Gasteiger partial charge in [0.25, 0.3) is 5.69 Å². The number of aryl methyl sites for hydroxylation is 1. The largest absolute Gasteiger partial charge is 0.491 e. The maximum Gasteiger partial charge on any atom is 0.269 e. The lowest BCUT2D eigenvalue weighted by Gasteiger charge is -2.15. The van der Waals surface area contributed by atoms with Gasteiger partial charge in [0.05, 0.1) is 22.5 Å². The van der Waals surface area contributed by atoms with Crippen molar-refractivity contribution in [2.45, 2.75) is 26.0 Å². The predicted octanol–water partition coefficient (Wildman–Crippen LogP) is 2.95. The predicted molar refractivity (Wildman–Crippen MR) is 93.7 cm³/mol. The highest BCUT2D eigenvalue weighted by atomic mass is 16.6. The number of aromatic nitrogens is 2. The summed E-state index contributed by atoms with van der Waals surface area (Å²) in [6.45, 7) is 2.49. The van der Waals surface area contributed by atoms with Crippen molar-refractivity contribution in [2.75, 3.05) is 6.61 Å². The fourth-order valence-electron chi connectivity index (χ4n) is 2.72. The number of nitro benzene ring substituents is 1. The molecule has 3 aromatic rings. The van der Waals surface area contributed by atoms with E-state index in [4.69, 9.17) is 4.74 Å². The van der Waals surface area contributed by atoms with Crippen molar-refractivity contribution in [3.63, 3.8) is 0 Å². The molecule has 2 aromatic carbocycles. The number of para-hydroxylation sites is 2. The molecular formula is C18H19N3O4. The molecule has 0 saturated heterocycles. The molecule has 0 aliphatic heterocycles. The Kier molecular flexibility index (Phi) is 4.95. The van der Waals surface area contributed by atoms with E-state index in [2.05, 4.69) is 4.98 Å². The first-order valence-corrected chi connectivity index (χ1v) is 8.08. The van der Waals surface area contributed by atoms with E-state index in [1.54, 1.807) is 0 Å². The van der Waals surface area contributed by atoms with Crippen LogP contribution in [0.1, 0.15) is 12.7 Å². The molecule has 1 N–H and O–H groups in total. The number of benzene rings is 2. The lowest BCUT2D eigenvalue weighted by atomic mass is 10.3. The molecule has 0 bridgehead atoms. The number of hydrogen-bond donors (Lipinski definition) is 1. The Morgan fingerprint density at radius 2 is 1.96 bits per heavy atom. The first-order chi connectivity index (χ1) is 12.1. The topological polar surface area (TPSA) is 90.4 Å². The minimum absolute atomic E-state index is 0.00497. The maximum atomic E-state index is 10.6. The molecule has 1 aromatic heterocycles. The van der Waals surface area contributed by atoms with E-state index in [0.717, 1.165) is 23.3 Å². The zero-order chi connectivity index (χ0) is 17.8. The van der Waals surface area contributed by atoms with E-state index >= 15 is 0 Å². The van der Waals surface area contributed by atoms with Crippen LogP contribution in [-0.2, 0) is 13.0 Å². The molecule has 0 unspecified atom stereocenters. The van der Waals surface area contributed by atoms with Gasteiger partial charge in [0.2, 0.25) is 0 Å². The number of hydrogen-bond acceptors (Lipinski definition) is 5. The first-order valence-electron chi connectivity index (χ1n) is 8.08. The van der Waals surface area contributed by atoms with Crippen LogP contribution in [-0.4, -0.2) is 32.3 Å². The number of nitrogens with zero attached hydrogens (tertiary/aromatic N) is 3. The van der Waals surface area contributed by atoms with Gasteiger partial charge in [0.1, 0.15) is 24.3 Å². The van der Waals surface area contributed by atoms with Crippen LogP contribution in [0, 0.1) is 10.1 Å². The van der Waals surface area contributed by atoms with Gasteiger partial charge in [-0.3, -0.25) is 10.1 Å². The van der Waals surface area contributed by atoms with Crippen molar-refractivity contribution in [1.82, 2.24) is 9.55 Å². The quantitative estimate of drug-likeness (QED) is 0.527. The molecule has 25 heavy (non-hydrogen) atoms. The number of imidazole rings is 1. The average molecular weight is 341 g/mol. The van der Waals surface area contributed by atoms with Crippen molar-refractivity contribution >= 4 is 16.7 Å². The third kappa shape index (κ3) is 3.77. The van der Waals surface area contributed by atoms with Gasteiger partial charge >= 0.3 is 0 Å². The number of non-ortho nitro benzene ring substituents is 1. The molecule has 0 spiro atoms. The molecule has 130 valence electrons. The number of fused-ring (bicyclic) bond motifs is 1. The minimum Gasteiger partial charge on any atom is -0.491 e. The van der Waals surface area contributed by atoms with Gasteiger partial charge in [-0.25, -0.2) is 4.98 Å². The third-order valence-electron chi connectivity index (χ3n) is 3.93. The van der Waals surface area contributed by atoms with E-state index < -0.39 is 11.0 Å². The lowest BCUT2D eigenvalue weighted by Crippen LogP contribution is -2.24. The Hall–Kier alpha value is -2.93.